The second-order valence-corrected chi connectivity index (χ2v) is 20.4. The van der Waals surface area contributed by atoms with Gasteiger partial charge in [-0.15, -0.1) is 0 Å². The minimum Gasteiger partial charge on any atom is -0.457 e. The first-order valence-electron chi connectivity index (χ1n) is 25.9. The van der Waals surface area contributed by atoms with E-state index in [4.69, 9.17) is 18.4 Å². The number of carbonyl (C=O) groups excluding carboxylic acids is 3. The number of unbranched alkanes of at least 4 members (excludes halogenated alkanes) is 29. The lowest BCUT2D eigenvalue weighted by molar-refractivity contribution is -0.253. The molecular weight excluding hydrogens is 895 g/mol. The van der Waals surface area contributed by atoms with Crippen LogP contribution in [0, 0.1) is 0 Å². The van der Waals surface area contributed by atoms with Crippen molar-refractivity contribution in [2.45, 2.75) is 282 Å². The minimum atomic E-state index is -5.37. The summed E-state index contributed by atoms with van der Waals surface area (Å²) in [6, 6.07) is -1.76. The molecule has 6 atom stereocenters. The molecule has 0 spiro atoms. The van der Waals surface area contributed by atoms with Crippen molar-refractivity contribution in [1.82, 2.24) is 5.32 Å². The van der Waals surface area contributed by atoms with Crippen LogP contribution in [0.5, 0.6) is 0 Å². The van der Waals surface area contributed by atoms with Gasteiger partial charge in [0.25, 0.3) is 5.91 Å². The van der Waals surface area contributed by atoms with Gasteiger partial charge >= 0.3 is 32.7 Å². The van der Waals surface area contributed by atoms with Crippen molar-refractivity contribution in [2.24, 2.45) is 0 Å². The molecule has 4 N–H and O–H groups in total. The van der Waals surface area contributed by atoms with Gasteiger partial charge in [0.2, 0.25) is 0 Å². The Balaban J connectivity index is 3.10. The molecule has 0 aromatic carbocycles. The number of aliphatic hydroxyl groups is 1. The topological polar surface area (TPSA) is 238 Å². The van der Waals surface area contributed by atoms with Gasteiger partial charge in [-0.05, 0) is 25.7 Å². The number of hydrogen-bond acceptors (Lipinski definition) is 13. The van der Waals surface area contributed by atoms with Crippen LogP contribution in [0.3, 0.4) is 0 Å². The van der Waals surface area contributed by atoms with Crippen molar-refractivity contribution in [1.29, 1.82) is 0 Å². The molecular formula is C48H91NO15S2. The predicted octanol–water partition coefficient (Wildman–Crippen LogP) is 10.7. The fourth-order valence-electron chi connectivity index (χ4n) is 8.37. The lowest BCUT2D eigenvalue weighted by Gasteiger charge is -2.43. The SMILES string of the molecule is CCCCCCCCCCCCCC(=O)OC(CCCCCCCCCCCC)C(=O)N[C@H]1C(O)O[C@H](COS(=O)(=O)O)[C@@H](OS(=O)(=O)O)[C@@H]1OC(=O)CCCCCCCCCCCCC. The Kier molecular flexibility index (Phi) is 36.6. The third kappa shape index (κ3) is 33.5. The molecule has 0 aromatic heterocycles. The van der Waals surface area contributed by atoms with E-state index in [1.54, 1.807) is 0 Å². The molecule has 1 amide bonds. The highest BCUT2D eigenvalue weighted by Gasteiger charge is 2.52. The number of ether oxygens (including phenoxy) is 3. The fraction of sp³-hybridized carbons (Fsp3) is 0.938. The van der Waals surface area contributed by atoms with E-state index in [-0.39, 0.29) is 19.3 Å². The number of nitrogens with one attached hydrogen (secondary N) is 1. The Labute approximate surface area is 399 Å². The molecule has 0 radical (unpaired) electrons. The van der Waals surface area contributed by atoms with Gasteiger partial charge in [0.1, 0.15) is 18.2 Å². The fourth-order valence-corrected chi connectivity index (χ4v) is 9.19. The molecule has 16 nitrogen and oxygen atoms in total. The molecule has 1 aliphatic heterocycles. The maximum Gasteiger partial charge on any atom is 0.397 e. The van der Waals surface area contributed by atoms with E-state index in [0.717, 1.165) is 83.5 Å². The van der Waals surface area contributed by atoms with Gasteiger partial charge in [0.15, 0.2) is 18.5 Å². The van der Waals surface area contributed by atoms with Gasteiger partial charge in [-0.1, -0.05) is 207 Å². The highest BCUT2D eigenvalue weighted by atomic mass is 32.3. The second kappa shape index (κ2) is 38.9. The monoisotopic (exact) mass is 986 g/mol. The van der Waals surface area contributed by atoms with Crippen LogP contribution in [0.1, 0.15) is 245 Å². The molecule has 66 heavy (non-hydrogen) atoms. The van der Waals surface area contributed by atoms with E-state index in [1.165, 1.54) is 96.3 Å². The Hall–Kier alpha value is -1.93. The molecule has 1 saturated heterocycles. The van der Waals surface area contributed by atoms with Gasteiger partial charge in [-0.3, -0.25) is 23.5 Å². The first-order chi connectivity index (χ1) is 31.6. The van der Waals surface area contributed by atoms with Crippen molar-refractivity contribution in [3.63, 3.8) is 0 Å². The van der Waals surface area contributed by atoms with Crippen LogP contribution in [-0.2, 0) is 57.8 Å². The average Bonchev–Trinajstić information content (AvgIpc) is 3.25. The van der Waals surface area contributed by atoms with Crippen molar-refractivity contribution in [3.05, 3.63) is 0 Å². The summed E-state index contributed by atoms with van der Waals surface area (Å²) in [6.07, 6.45) is 24.5. The maximum absolute atomic E-state index is 14.0. The summed E-state index contributed by atoms with van der Waals surface area (Å²) >= 11 is 0. The first kappa shape index (κ1) is 62.1. The lowest BCUT2D eigenvalue weighted by Crippen LogP contribution is -2.67. The molecule has 1 aliphatic rings. The molecule has 0 bridgehead atoms. The van der Waals surface area contributed by atoms with Crippen LogP contribution >= 0.6 is 0 Å². The molecule has 0 saturated carbocycles. The molecule has 0 aromatic rings. The Morgan fingerprint density at radius 2 is 0.909 bits per heavy atom. The molecule has 2 unspecified atom stereocenters. The zero-order valence-electron chi connectivity index (χ0n) is 41.0. The molecule has 390 valence electrons. The summed E-state index contributed by atoms with van der Waals surface area (Å²) in [6.45, 7) is 5.43. The zero-order chi connectivity index (χ0) is 48.9. The van der Waals surface area contributed by atoms with Crippen molar-refractivity contribution in [3.8, 4) is 0 Å². The molecule has 1 rings (SSSR count). The second-order valence-electron chi connectivity index (χ2n) is 18.3. The molecule has 18 heteroatoms. The van der Waals surface area contributed by atoms with Gasteiger partial charge in [-0.25, -0.2) is 8.37 Å². The van der Waals surface area contributed by atoms with E-state index in [9.17, 15) is 45.4 Å². The van der Waals surface area contributed by atoms with Crippen LogP contribution in [0.2, 0.25) is 0 Å². The third-order valence-corrected chi connectivity index (χ3v) is 13.1. The van der Waals surface area contributed by atoms with E-state index in [2.05, 4.69) is 30.3 Å². The lowest BCUT2D eigenvalue weighted by atomic mass is 9.96. The Morgan fingerprint density at radius 1 is 0.530 bits per heavy atom. The molecule has 1 heterocycles. The highest BCUT2D eigenvalue weighted by Crippen LogP contribution is 2.28. The summed E-state index contributed by atoms with van der Waals surface area (Å²) in [5.74, 6) is -2.32. The number of rotatable bonds is 44. The number of esters is 2. The number of carbonyl (C=O) groups is 3. The number of aliphatic hydroxyl groups excluding tert-OH is 1. The van der Waals surface area contributed by atoms with Crippen molar-refractivity contribution >= 4 is 38.6 Å². The molecule has 0 aliphatic carbocycles. The summed E-state index contributed by atoms with van der Waals surface area (Å²) < 4.78 is 92.2. The maximum atomic E-state index is 14.0. The van der Waals surface area contributed by atoms with Crippen molar-refractivity contribution in [2.75, 3.05) is 6.61 Å². The number of hydrogen-bond donors (Lipinski definition) is 4. The first-order valence-corrected chi connectivity index (χ1v) is 28.6. The average molecular weight is 986 g/mol. The van der Waals surface area contributed by atoms with Gasteiger partial charge < -0.3 is 24.6 Å². The Bertz CT molecular complexity index is 1470. The third-order valence-electron chi connectivity index (χ3n) is 12.2. The smallest absolute Gasteiger partial charge is 0.397 e. The zero-order valence-corrected chi connectivity index (χ0v) is 42.6. The van der Waals surface area contributed by atoms with Gasteiger partial charge in [0, 0.05) is 12.8 Å². The number of amides is 1. The quantitative estimate of drug-likeness (QED) is 0.0252. The summed E-state index contributed by atoms with van der Waals surface area (Å²) in [5, 5.41) is 13.7. The molecule has 1 fully saturated rings. The normalized spacial score (nSPS) is 19.4. The van der Waals surface area contributed by atoms with E-state index < -0.39 is 82.0 Å². The predicted molar refractivity (Wildman–Crippen MR) is 255 cm³/mol. The van der Waals surface area contributed by atoms with E-state index in [0.29, 0.717) is 25.7 Å². The largest absolute Gasteiger partial charge is 0.457 e. The van der Waals surface area contributed by atoms with E-state index >= 15 is 0 Å². The van der Waals surface area contributed by atoms with E-state index in [1.807, 2.05) is 0 Å². The van der Waals surface area contributed by atoms with Gasteiger partial charge in [-0.2, -0.15) is 16.8 Å². The highest BCUT2D eigenvalue weighted by molar-refractivity contribution is 7.81. The summed E-state index contributed by atoms with van der Waals surface area (Å²) in [5.41, 5.74) is 0. The van der Waals surface area contributed by atoms with Gasteiger partial charge in [0.05, 0.1) is 6.61 Å². The summed E-state index contributed by atoms with van der Waals surface area (Å²) in [7, 11) is -10.5. The summed E-state index contributed by atoms with van der Waals surface area (Å²) in [4.78, 5) is 40.5. The minimum absolute atomic E-state index is 0.0903. The van der Waals surface area contributed by atoms with Crippen LogP contribution in [0.15, 0.2) is 0 Å². The standard InChI is InChI=1S/C48H91NO15S2/c1-4-7-10-13-16-19-22-25-28-31-34-37-42(50)61-40(36-33-30-27-24-21-18-15-12-9-6-3)47(52)49-44-46(63-43(51)38-35-32-29-26-23-20-17-14-11-8-5-2)45(64-66(57,58)59)41(62-48(44)53)39-60-65(54,55)56/h40-41,44-46,48,53H,4-39H2,1-3H3,(H,49,52)(H,54,55,56)(H,57,58,59)/t40?,41-,44-,45-,46-,48?/m1/s1. The van der Waals surface area contributed by atoms with Crippen molar-refractivity contribution < 1.29 is 68.0 Å². The van der Waals surface area contributed by atoms with Crippen LogP contribution in [0.4, 0.5) is 0 Å². The van der Waals surface area contributed by atoms with Crippen LogP contribution in [-0.4, -0.2) is 92.2 Å². The Morgan fingerprint density at radius 3 is 1.30 bits per heavy atom. The van der Waals surface area contributed by atoms with Crippen LogP contribution in [0.25, 0.3) is 0 Å². The van der Waals surface area contributed by atoms with Crippen LogP contribution < -0.4 is 5.32 Å².